The topological polar surface area (TPSA) is 585 Å². The maximum atomic E-state index is 15.4. The number of carbonyl (C=O) groups excluding carboxylic acids is 14. The van der Waals surface area contributed by atoms with Crippen molar-refractivity contribution < 1.29 is 77.0 Å². The van der Waals surface area contributed by atoms with Crippen LogP contribution in [0, 0.1) is 35.5 Å². The molecule has 6 aliphatic rings. The number of nitrogens with one attached hydrogen (secondary N) is 13. The van der Waals surface area contributed by atoms with Crippen LogP contribution in [0.5, 0.6) is 0 Å². The fourth-order valence-electron chi connectivity index (χ4n) is 15.7. The van der Waals surface area contributed by atoms with Crippen molar-refractivity contribution in [1.82, 2.24) is 83.6 Å². The van der Waals surface area contributed by atoms with E-state index in [4.69, 9.17) is 22.9 Å². The van der Waals surface area contributed by atoms with Gasteiger partial charge in [-0.3, -0.25) is 77.1 Å². The molecule has 0 bridgehead atoms. The van der Waals surface area contributed by atoms with Gasteiger partial charge in [0, 0.05) is 94.6 Å². The van der Waals surface area contributed by atoms with Gasteiger partial charge in [-0.2, -0.15) is 0 Å². The van der Waals surface area contributed by atoms with E-state index in [-0.39, 0.29) is 158 Å². The van der Waals surface area contributed by atoms with Crippen molar-refractivity contribution in [1.29, 1.82) is 0 Å². The molecule has 4 saturated heterocycles. The number of guanidine groups is 2. The number of H-pyrrole nitrogens is 1. The number of carboxylic acids is 1. The molecule has 2 unspecified atom stereocenters. The number of unbranched alkanes of at least 4 members (excludes halogenated alkanes) is 2. The lowest BCUT2D eigenvalue weighted by molar-refractivity contribution is -0.142. The molecule has 5 heterocycles. The lowest BCUT2D eigenvalue weighted by Crippen LogP contribution is -2.61. The molecule has 14 amide bonds. The summed E-state index contributed by atoms with van der Waals surface area (Å²) in [5.41, 5.74) is 23.4. The summed E-state index contributed by atoms with van der Waals surface area (Å²) in [6.07, 6.45) is 10.2. The second-order valence-electron chi connectivity index (χ2n) is 31.7. The second-order valence-corrected chi connectivity index (χ2v) is 34.3. The van der Waals surface area contributed by atoms with Gasteiger partial charge < -0.3 is 107 Å². The minimum absolute atomic E-state index is 0.0135. The molecular weight excluding hydrogens is 1590 g/mol. The van der Waals surface area contributed by atoms with Crippen molar-refractivity contribution in [2.75, 3.05) is 50.8 Å². The molecule has 658 valence electrons. The summed E-state index contributed by atoms with van der Waals surface area (Å²) in [5, 5.41) is 43.4. The minimum Gasteiger partial charge on any atom is -0.480 e. The number of aromatic nitrogens is 2. The van der Waals surface area contributed by atoms with Crippen LogP contribution in [0.3, 0.4) is 0 Å². The molecule has 1 saturated carbocycles. The maximum Gasteiger partial charge on any atom is 0.326 e. The van der Waals surface area contributed by atoms with Gasteiger partial charge in [0.25, 0.3) is 0 Å². The Morgan fingerprint density at radius 3 is 1.93 bits per heavy atom. The number of hydrogen-bond acceptors (Lipinski definition) is 20. The normalized spacial score (nSPS) is 24.1. The molecule has 1 aromatic carbocycles. The second kappa shape index (κ2) is 48.5. The van der Waals surface area contributed by atoms with Crippen LogP contribution >= 0.6 is 21.6 Å². The summed E-state index contributed by atoms with van der Waals surface area (Å²) >= 11 is 0. The van der Waals surface area contributed by atoms with Crippen molar-refractivity contribution in [3.05, 3.63) is 54.1 Å². The van der Waals surface area contributed by atoms with E-state index in [1.165, 1.54) is 22.3 Å². The number of nitrogens with two attached hydrogens (primary N) is 4. The Morgan fingerprint density at radius 2 is 1.27 bits per heavy atom. The Morgan fingerprint density at radius 1 is 0.642 bits per heavy atom. The number of fused-ring (bicyclic) bond motifs is 2. The average molecular weight is 1710 g/mol. The van der Waals surface area contributed by atoms with Crippen LogP contribution < -0.4 is 86.7 Å². The summed E-state index contributed by atoms with van der Waals surface area (Å²) in [5.74, 6) is -5.00. The standard InChI is InChI=1S/C80H120N22O16S2/c1-4-5-23-53-69(108)99-61(74(113)98-59(78(117)118)39-47-19-9-8-10-20-47)44-120-119-43-60(100-71(110)57(38-46(2)3)96-68(107)54(25-15-34-87-79(81)82)94-76(115)63-28-18-37-102(63)77(116)56(26-16-35-88-80(83)84)95-70(109)55-30-32-65(104)91-55)73(112)97-58(40-48-41-85-45-90-48)72(111)92-52(67(106)89-42-66(105)101-36-17-27-62(101)75(114)93-53)24-13-14-33-86-64(103)31-29-51-49-21-11-6-7-12-22-50(49)51/h8-10,19-20,41,45-46,49-63H,4-5,11-18,21-40,42-44H2,1-3H3,(H,85,90)(H,86,103)(H,89,106)(H,91,104)(H,92,111)(H,93,114)(H,94,115)(H,95,109)(H,96,107)(H,97,112)(H,98,113)(H,99,108)(H,100,110)(H,117,118)(H4,81,82,87)(H4,83,84,88)/t49?,50?,51?,52-,53-,54-,55-,56-,57-,58-,59-,60-,61-,62-,63-/m0/s1. The molecular formula is C80H120N22O16S2. The number of aromatic amines is 1. The molecule has 38 nitrogen and oxygen atoms in total. The highest BCUT2D eigenvalue weighted by atomic mass is 33.1. The zero-order valence-corrected chi connectivity index (χ0v) is 70.2. The Hall–Kier alpha value is -10.7. The van der Waals surface area contributed by atoms with Gasteiger partial charge in [-0.15, -0.1) is 11.8 Å². The molecule has 22 N–H and O–H groups in total. The molecule has 0 spiro atoms. The Bertz CT molecular complexity index is 3990. The third kappa shape index (κ3) is 30.5. The lowest BCUT2D eigenvalue weighted by atomic mass is 10.0. The van der Waals surface area contributed by atoms with Crippen molar-refractivity contribution in [3.8, 4) is 11.8 Å². The summed E-state index contributed by atoms with van der Waals surface area (Å²) in [6.45, 7) is 5.24. The third-order valence-electron chi connectivity index (χ3n) is 22.1. The number of nitrogens with zero attached hydrogens (tertiary/aromatic N) is 5. The van der Waals surface area contributed by atoms with E-state index in [1.807, 2.05) is 6.92 Å². The van der Waals surface area contributed by atoms with E-state index in [2.05, 4.69) is 95.6 Å². The monoisotopic (exact) mass is 1710 g/mol. The quantitative estimate of drug-likeness (QED) is 0.0117. The zero-order valence-electron chi connectivity index (χ0n) is 68.5. The van der Waals surface area contributed by atoms with Crippen LogP contribution in [0.2, 0.25) is 0 Å². The first-order valence-corrected chi connectivity index (χ1v) is 44.3. The molecule has 14 atom stereocenters. The highest BCUT2D eigenvalue weighted by molar-refractivity contribution is 8.76. The van der Waals surface area contributed by atoms with Crippen molar-refractivity contribution in [2.24, 2.45) is 56.6 Å². The fourth-order valence-corrected chi connectivity index (χ4v) is 18.0. The van der Waals surface area contributed by atoms with Crippen LogP contribution in [0.4, 0.5) is 0 Å². The first-order chi connectivity index (χ1) is 57.6. The van der Waals surface area contributed by atoms with Gasteiger partial charge >= 0.3 is 5.97 Å². The van der Waals surface area contributed by atoms with E-state index >= 15 is 19.2 Å². The summed E-state index contributed by atoms with van der Waals surface area (Å²) in [7, 11) is 1.84. The van der Waals surface area contributed by atoms with Gasteiger partial charge in [0.15, 0.2) is 11.9 Å². The average Bonchev–Trinajstić information content (AvgIpc) is 1.62. The molecule has 5 fully saturated rings. The van der Waals surface area contributed by atoms with Gasteiger partial charge in [-0.25, -0.2) is 9.78 Å². The zero-order chi connectivity index (χ0) is 86.8. The molecule has 0 radical (unpaired) electrons. The summed E-state index contributed by atoms with van der Waals surface area (Å²) in [6, 6.07) is -7.81. The number of amides is 14. The molecule has 2 aliphatic carbocycles. The van der Waals surface area contributed by atoms with Crippen LogP contribution in [0.25, 0.3) is 0 Å². The highest BCUT2D eigenvalue weighted by Crippen LogP contribution is 2.54. The number of benzene rings is 1. The van der Waals surface area contributed by atoms with Gasteiger partial charge in [0.05, 0.1) is 12.9 Å². The van der Waals surface area contributed by atoms with Crippen molar-refractivity contribution in [2.45, 2.75) is 254 Å². The van der Waals surface area contributed by atoms with Crippen LogP contribution in [-0.2, 0) is 84.8 Å². The van der Waals surface area contributed by atoms with E-state index in [9.17, 15) is 57.8 Å². The van der Waals surface area contributed by atoms with Gasteiger partial charge in [-0.1, -0.05) is 85.5 Å². The predicted molar refractivity (Wildman–Crippen MR) is 448 cm³/mol. The van der Waals surface area contributed by atoms with Gasteiger partial charge in [0.2, 0.25) is 82.7 Å². The maximum absolute atomic E-state index is 15.4. The molecule has 120 heavy (non-hydrogen) atoms. The largest absolute Gasteiger partial charge is 0.480 e. The summed E-state index contributed by atoms with van der Waals surface area (Å²) in [4.78, 5) is 232. The first-order valence-electron chi connectivity index (χ1n) is 41.8. The number of hydrogen-bond donors (Lipinski definition) is 18. The SMILES string of the molecule is CCCC[C@@H]1NC(=O)[C@@H]2CCCN2C(=O)CNC(=O)[C@H](CCCCNC(=O)CCC2C3CCC#CCCC32)NC(=O)[C@H](Cc2cnc[nH]2)NC(=O)[C@@H](NC(=O)[C@H](CC(C)C)NC(=O)[C@H](CCCN=C(N)N)NC(=O)[C@@H]2CCCN2C(=O)[C@H](CCCN=C(N)N)NC(=O)[C@@H]2CCC(=O)N2)CSSC[C@@H](C(=O)N[C@@H](Cc2ccccc2)C(=O)O)NC1=O. The Labute approximate surface area is 706 Å². The van der Waals surface area contributed by atoms with E-state index < -0.39 is 162 Å². The van der Waals surface area contributed by atoms with Crippen molar-refractivity contribution >= 4 is 122 Å². The molecule has 4 aliphatic heterocycles. The van der Waals surface area contributed by atoms with Crippen LogP contribution in [0.15, 0.2) is 52.8 Å². The third-order valence-corrected chi connectivity index (χ3v) is 24.6. The number of likely N-dealkylation sites (tertiary alicyclic amines) is 1. The van der Waals surface area contributed by atoms with E-state index in [0.717, 1.165) is 53.7 Å². The number of carbonyl (C=O) groups is 15. The molecule has 8 rings (SSSR count). The highest BCUT2D eigenvalue weighted by Gasteiger charge is 2.49. The van der Waals surface area contributed by atoms with E-state index in [1.54, 1.807) is 44.2 Å². The lowest BCUT2D eigenvalue weighted by Gasteiger charge is -2.31. The molecule has 40 heteroatoms. The molecule has 1 aromatic heterocycles. The van der Waals surface area contributed by atoms with Crippen molar-refractivity contribution in [3.63, 3.8) is 0 Å². The number of imidazole rings is 1. The number of aliphatic carboxylic acids is 1. The van der Waals surface area contributed by atoms with Crippen LogP contribution in [0.1, 0.15) is 180 Å². The fraction of sp³-hybridized carbons (Fsp3) is 0.650. The smallest absolute Gasteiger partial charge is 0.326 e. The van der Waals surface area contributed by atoms with Crippen LogP contribution in [-0.4, -0.2) is 249 Å². The van der Waals surface area contributed by atoms with Gasteiger partial charge in [-0.05, 0) is 138 Å². The number of carboxylic acid groups (broad SMARTS) is 1. The number of aliphatic imine (C=N–C) groups is 2. The summed E-state index contributed by atoms with van der Waals surface area (Å²) < 4.78 is 0. The number of rotatable bonds is 37. The Kier molecular flexibility index (Phi) is 38.3. The van der Waals surface area contributed by atoms with Gasteiger partial charge in [0.1, 0.15) is 72.5 Å². The predicted octanol–water partition coefficient (Wildman–Crippen LogP) is -1.74. The van der Waals surface area contributed by atoms with E-state index in [0.29, 0.717) is 67.5 Å². The molecule has 2 aromatic rings. The first kappa shape index (κ1) is 94.8. The minimum atomic E-state index is -1.66. The Balaban J connectivity index is 1.08.